The van der Waals surface area contributed by atoms with Gasteiger partial charge in [0.25, 0.3) is 0 Å². The summed E-state index contributed by atoms with van der Waals surface area (Å²) in [6, 6.07) is 1.90. The molecule has 3 heterocycles. The van der Waals surface area contributed by atoms with Crippen LogP contribution in [0.3, 0.4) is 0 Å². The van der Waals surface area contributed by atoms with Crippen LogP contribution in [0.25, 0.3) is 0 Å². The Bertz CT molecular complexity index is 1410. The molecule has 0 saturated carbocycles. The van der Waals surface area contributed by atoms with Crippen LogP contribution in [0.2, 0.25) is 0 Å². The number of rotatable bonds is 17. The van der Waals surface area contributed by atoms with E-state index < -0.39 is 77.7 Å². The predicted molar refractivity (Wildman–Crippen MR) is 169 cm³/mol. The minimum Gasteiger partial charge on any atom is -0.479 e. The highest BCUT2D eigenvalue weighted by Crippen LogP contribution is 2.56. The van der Waals surface area contributed by atoms with Gasteiger partial charge in [0.1, 0.15) is 12.2 Å². The molecular formula is C33H44O14S. The van der Waals surface area contributed by atoms with Crippen LogP contribution in [0, 0.1) is 17.8 Å². The number of allylic oxidation sites excluding steroid dienone is 1. The molecular weight excluding hydrogens is 652 g/mol. The summed E-state index contributed by atoms with van der Waals surface area (Å²) in [5.41, 5.74) is -6.21. The van der Waals surface area contributed by atoms with E-state index in [1.807, 2.05) is 44.5 Å². The highest BCUT2D eigenvalue weighted by molar-refractivity contribution is 7.07. The lowest BCUT2D eigenvalue weighted by Crippen LogP contribution is -2.78. The zero-order chi connectivity index (χ0) is 36.2. The molecule has 15 heteroatoms. The van der Waals surface area contributed by atoms with Crippen molar-refractivity contribution in [1.82, 2.24) is 0 Å². The Morgan fingerprint density at radius 3 is 2.31 bits per heavy atom. The minimum absolute atomic E-state index is 0.120. The Balaban J connectivity index is 2.02. The number of ether oxygens (including phenoxy) is 4. The van der Waals surface area contributed by atoms with Crippen LogP contribution in [0.15, 0.2) is 41.1 Å². The Hall–Kier alpha value is -3.63. The quantitative estimate of drug-likeness (QED) is 0.0898. The number of hydrogen-bond acceptors (Lipinski definition) is 12. The smallest absolute Gasteiger partial charge is 0.344 e. The number of carboxylic acids is 3. The molecule has 14 nitrogen and oxygen atoms in total. The van der Waals surface area contributed by atoms with Gasteiger partial charge in [-0.15, -0.1) is 0 Å². The van der Waals surface area contributed by atoms with Gasteiger partial charge < -0.3 is 44.5 Å². The molecule has 5 N–H and O–H groups in total. The second-order valence-corrected chi connectivity index (χ2v) is 13.5. The molecule has 1 aromatic rings. The maximum absolute atomic E-state index is 13.0. The molecule has 2 saturated heterocycles. The zero-order valence-corrected chi connectivity index (χ0v) is 28.3. The Labute approximate surface area is 281 Å². The van der Waals surface area contributed by atoms with Gasteiger partial charge in [-0.2, -0.15) is 11.3 Å². The number of esters is 2. The van der Waals surface area contributed by atoms with Gasteiger partial charge in [-0.05, 0) is 59.1 Å². The van der Waals surface area contributed by atoms with E-state index in [4.69, 9.17) is 18.9 Å². The van der Waals surface area contributed by atoms with Gasteiger partial charge in [0.05, 0.1) is 0 Å². The summed E-state index contributed by atoms with van der Waals surface area (Å²) in [5.74, 6) is -11.3. The SMILES string of the molecule is C=C(CC[C@]12O[C@H](C(=O)O)[C@@](O)(C(=O)O)[C@](C(=O)O)(O1)[C@H](OC(=O)/C=C/[C@@H](C)C[C@@H](C)CC)[C@H]2O)[C@@H](OC(C)=O)[C@H](C)Cc1ccsc1. The van der Waals surface area contributed by atoms with E-state index in [9.17, 15) is 49.5 Å². The van der Waals surface area contributed by atoms with Crippen LogP contribution in [-0.2, 0) is 49.3 Å². The number of carbonyl (C=O) groups is 5. The summed E-state index contributed by atoms with van der Waals surface area (Å²) < 4.78 is 22.0. The first-order valence-electron chi connectivity index (χ1n) is 15.6. The maximum atomic E-state index is 13.0. The fourth-order valence-electron chi connectivity index (χ4n) is 6.38. The first kappa shape index (κ1) is 38.8. The highest BCUT2D eigenvalue weighted by Gasteiger charge is 2.85. The Morgan fingerprint density at radius 1 is 1.12 bits per heavy atom. The van der Waals surface area contributed by atoms with Crippen LogP contribution >= 0.6 is 11.3 Å². The van der Waals surface area contributed by atoms with Gasteiger partial charge >= 0.3 is 29.8 Å². The van der Waals surface area contributed by atoms with Crippen molar-refractivity contribution in [3.8, 4) is 0 Å². The summed E-state index contributed by atoms with van der Waals surface area (Å²) in [7, 11) is 0. The summed E-state index contributed by atoms with van der Waals surface area (Å²) in [4.78, 5) is 62.8. The van der Waals surface area contributed by atoms with E-state index >= 15 is 0 Å². The van der Waals surface area contributed by atoms with Crippen LogP contribution in [0.5, 0.6) is 0 Å². The topological polar surface area (TPSA) is 223 Å². The van der Waals surface area contributed by atoms with Gasteiger partial charge in [0.15, 0.2) is 6.10 Å². The van der Waals surface area contributed by atoms with Crippen molar-refractivity contribution in [3.63, 3.8) is 0 Å². The number of aliphatic hydroxyl groups excluding tert-OH is 1. The van der Waals surface area contributed by atoms with Crippen molar-refractivity contribution in [1.29, 1.82) is 0 Å². The van der Waals surface area contributed by atoms with Crippen LogP contribution in [-0.4, -0.2) is 96.8 Å². The largest absolute Gasteiger partial charge is 0.479 e. The number of hydrogen-bond donors (Lipinski definition) is 5. The monoisotopic (exact) mass is 696 g/mol. The standard InChI is InChI=1S/C33H44O14S/c1-7-17(2)14-18(3)8-9-23(35)45-26-25(36)31(46-27(28(37)38)32(43,29(39)40)33(26,47-31)30(41)42)12-10-19(4)24(44-21(6)34)20(5)15-22-11-13-48-16-22/h8-9,11,13,16-18,20,24-27,36,43H,4,7,10,12,14-15H2,1-3,5-6H3,(H,37,38)(H,39,40)(H,41,42)/b9-8+/t17-,18+,20+,24+,25+,26+,27+,31-,32+,33-/m0/s1. The lowest BCUT2D eigenvalue weighted by molar-refractivity contribution is -0.374. The van der Waals surface area contributed by atoms with Crippen LogP contribution in [0.4, 0.5) is 0 Å². The number of thiophene rings is 1. The summed E-state index contributed by atoms with van der Waals surface area (Å²) >= 11 is 1.48. The second kappa shape index (κ2) is 15.3. The number of fused-ring (bicyclic) bond motifs is 2. The molecule has 2 aliphatic rings. The summed E-state index contributed by atoms with van der Waals surface area (Å²) in [6.07, 6.45) is -4.75. The molecule has 266 valence electrons. The molecule has 2 aliphatic heterocycles. The van der Waals surface area contributed by atoms with Gasteiger partial charge in [0.2, 0.25) is 23.1 Å². The fourth-order valence-corrected chi connectivity index (χ4v) is 7.06. The minimum atomic E-state index is -3.89. The van der Waals surface area contributed by atoms with Gasteiger partial charge in [-0.25, -0.2) is 19.2 Å². The number of carbonyl (C=O) groups excluding carboxylic acids is 2. The van der Waals surface area contributed by atoms with Crippen molar-refractivity contribution in [3.05, 3.63) is 46.7 Å². The van der Waals surface area contributed by atoms with Crippen molar-refractivity contribution < 1.29 is 68.5 Å². The molecule has 0 aliphatic carbocycles. The van der Waals surface area contributed by atoms with Crippen molar-refractivity contribution in [2.45, 2.75) is 108 Å². The van der Waals surface area contributed by atoms with E-state index in [0.717, 1.165) is 18.1 Å². The van der Waals surface area contributed by atoms with E-state index in [-0.39, 0.29) is 23.8 Å². The van der Waals surface area contributed by atoms with Crippen molar-refractivity contribution >= 4 is 41.2 Å². The van der Waals surface area contributed by atoms with E-state index in [0.29, 0.717) is 18.8 Å². The molecule has 10 atom stereocenters. The second-order valence-electron chi connectivity index (χ2n) is 12.8. The first-order valence-corrected chi connectivity index (χ1v) is 16.5. The molecule has 0 spiro atoms. The molecule has 1 aromatic heterocycles. The average Bonchev–Trinajstić information content (AvgIpc) is 3.59. The summed E-state index contributed by atoms with van der Waals surface area (Å²) in [5, 5.41) is 57.2. The predicted octanol–water partition coefficient (Wildman–Crippen LogP) is 2.95. The number of aliphatic carboxylic acids is 3. The molecule has 48 heavy (non-hydrogen) atoms. The Kier molecular flexibility index (Phi) is 12.4. The Morgan fingerprint density at radius 2 is 1.79 bits per heavy atom. The third-order valence-electron chi connectivity index (χ3n) is 9.02. The van der Waals surface area contributed by atoms with Crippen molar-refractivity contribution in [2.24, 2.45) is 17.8 Å². The molecule has 2 bridgehead atoms. The van der Waals surface area contributed by atoms with E-state index in [2.05, 4.69) is 6.58 Å². The lowest BCUT2D eigenvalue weighted by atomic mass is 9.74. The lowest BCUT2D eigenvalue weighted by Gasteiger charge is -2.48. The maximum Gasteiger partial charge on any atom is 0.344 e. The normalized spacial score (nSPS) is 30.6. The van der Waals surface area contributed by atoms with Gasteiger partial charge in [0, 0.05) is 25.3 Å². The van der Waals surface area contributed by atoms with Crippen LogP contribution in [0.1, 0.15) is 65.9 Å². The average molecular weight is 697 g/mol. The molecule has 0 unspecified atom stereocenters. The van der Waals surface area contributed by atoms with E-state index in [1.54, 1.807) is 0 Å². The summed E-state index contributed by atoms with van der Waals surface area (Å²) in [6.45, 7) is 12.9. The first-order chi connectivity index (χ1) is 22.4. The number of aliphatic hydroxyl groups is 2. The van der Waals surface area contributed by atoms with Crippen LogP contribution < -0.4 is 0 Å². The molecule has 0 radical (unpaired) electrons. The molecule has 0 aromatic carbocycles. The molecule has 2 fully saturated rings. The van der Waals surface area contributed by atoms with E-state index in [1.165, 1.54) is 24.3 Å². The third-order valence-corrected chi connectivity index (χ3v) is 9.75. The van der Waals surface area contributed by atoms with Gasteiger partial charge in [-0.3, -0.25) is 4.79 Å². The van der Waals surface area contributed by atoms with Gasteiger partial charge in [-0.1, -0.05) is 46.8 Å². The third kappa shape index (κ3) is 7.49. The molecule has 3 rings (SSSR count). The van der Waals surface area contributed by atoms with Crippen molar-refractivity contribution in [2.75, 3.05) is 0 Å². The number of carboxylic acid groups (broad SMARTS) is 3. The fraction of sp³-hybridized carbons (Fsp3) is 0.606. The zero-order valence-electron chi connectivity index (χ0n) is 27.5. The highest BCUT2D eigenvalue weighted by atomic mass is 32.1. The molecule has 0 amide bonds.